The Morgan fingerprint density at radius 2 is 2.04 bits per heavy atom. The number of hydrogen-bond acceptors (Lipinski definition) is 4. The van der Waals surface area contributed by atoms with Crippen molar-refractivity contribution < 1.29 is 14.3 Å². The first-order chi connectivity index (χ1) is 13.4. The van der Waals surface area contributed by atoms with Gasteiger partial charge >= 0.3 is 0 Å². The Kier molecular flexibility index (Phi) is 6.29. The molecule has 3 rings (SSSR count). The number of rotatable bonds is 5. The molecule has 1 aromatic heterocycles. The Morgan fingerprint density at radius 3 is 2.79 bits per heavy atom. The molecule has 1 N–H and O–H groups in total. The fourth-order valence-electron chi connectivity index (χ4n) is 3.35. The minimum Gasteiger partial charge on any atom is -0.489 e. The summed E-state index contributed by atoms with van der Waals surface area (Å²) in [6.45, 7) is 7.48. The topological polar surface area (TPSA) is 71.5 Å². The molecule has 2 amide bonds. The van der Waals surface area contributed by atoms with E-state index in [2.05, 4.69) is 17.2 Å². The van der Waals surface area contributed by atoms with E-state index in [0.29, 0.717) is 28.6 Å². The zero-order chi connectivity index (χ0) is 20.1. The van der Waals surface area contributed by atoms with Crippen molar-refractivity contribution in [3.63, 3.8) is 0 Å². The summed E-state index contributed by atoms with van der Waals surface area (Å²) in [4.78, 5) is 31.5. The van der Waals surface area contributed by atoms with Crippen LogP contribution in [-0.2, 0) is 0 Å². The van der Waals surface area contributed by atoms with Gasteiger partial charge in [0.25, 0.3) is 11.8 Å². The number of benzene rings is 1. The summed E-state index contributed by atoms with van der Waals surface area (Å²) >= 11 is 0. The molecule has 0 aliphatic carbocycles. The average Bonchev–Trinajstić information content (AvgIpc) is 2.68. The van der Waals surface area contributed by atoms with Gasteiger partial charge in [-0.05, 0) is 56.9 Å². The van der Waals surface area contributed by atoms with Gasteiger partial charge in [0.15, 0.2) is 0 Å². The van der Waals surface area contributed by atoms with Gasteiger partial charge in [0.05, 0.1) is 11.8 Å². The van der Waals surface area contributed by atoms with Crippen LogP contribution in [0.2, 0.25) is 0 Å². The number of aromatic nitrogens is 1. The van der Waals surface area contributed by atoms with E-state index in [4.69, 9.17) is 4.74 Å². The van der Waals surface area contributed by atoms with Gasteiger partial charge in [-0.25, -0.2) is 0 Å². The lowest BCUT2D eigenvalue weighted by atomic mass is 10.00. The minimum atomic E-state index is -0.303. The van der Waals surface area contributed by atoms with Gasteiger partial charge < -0.3 is 15.0 Å². The molecule has 6 nitrogen and oxygen atoms in total. The SMILES string of the molecule is CC1CCCN(C(=O)c2cc(C(=O)Nc3ccccc3OC(C)C)ccn2)C1. The number of carbonyl (C=O) groups excluding carboxylic acids is 2. The molecule has 6 heteroatoms. The van der Waals surface area contributed by atoms with Crippen LogP contribution in [0, 0.1) is 5.92 Å². The number of para-hydroxylation sites is 2. The smallest absolute Gasteiger partial charge is 0.272 e. The van der Waals surface area contributed by atoms with E-state index in [-0.39, 0.29) is 17.9 Å². The third-order valence-electron chi connectivity index (χ3n) is 4.68. The predicted octanol–water partition coefficient (Wildman–Crippen LogP) is 3.99. The van der Waals surface area contributed by atoms with Crippen LogP contribution in [0.25, 0.3) is 0 Å². The predicted molar refractivity (Wildman–Crippen MR) is 109 cm³/mol. The second-order valence-corrected chi connectivity index (χ2v) is 7.55. The van der Waals surface area contributed by atoms with Crippen molar-refractivity contribution in [3.05, 3.63) is 53.9 Å². The lowest BCUT2D eigenvalue weighted by Crippen LogP contribution is -2.39. The summed E-state index contributed by atoms with van der Waals surface area (Å²) in [6.07, 6.45) is 3.64. The minimum absolute atomic E-state index is 0.00450. The summed E-state index contributed by atoms with van der Waals surface area (Å²) in [6, 6.07) is 10.5. The zero-order valence-electron chi connectivity index (χ0n) is 16.6. The van der Waals surface area contributed by atoms with Crippen molar-refractivity contribution in [2.45, 2.75) is 39.7 Å². The number of nitrogens with zero attached hydrogens (tertiary/aromatic N) is 2. The highest BCUT2D eigenvalue weighted by atomic mass is 16.5. The van der Waals surface area contributed by atoms with Crippen molar-refractivity contribution in [3.8, 4) is 5.75 Å². The van der Waals surface area contributed by atoms with Crippen LogP contribution in [-0.4, -0.2) is 40.9 Å². The molecule has 1 aliphatic rings. The molecule has 0 radical (unpaired) electrons. The van der Waals surface area contributed by atoms with Crippen LogP contribution < -0.4 is 10.1 Å². The molecular formula is C22H27N3O3. The molecule has 0 saturated carbocycles. The quantitative estimate of drug-likeness (QED) is 0.850. The molecule has 1 aromatic carbocycles. The first kappa shape index (κ1) is 19.9. The molecule has 0 spiro atoms. The molecule has 1 unspecified atom stereocenters. The van der Waals surface area contributed by atoms with E-state index < -0.39 is 0 Å². The monoisotopic (exact) mass is 381 g/mol. The molecule has 1 aliphatic heterocycles. The summed E-state index contributed by atoms with van der Waals surface area (Å²) in [5.74, 6) is 0.674. The summed E-state index contributed by atoms with van der Waals surface area (Å²) in [5.41, 5.74) is 1.28. The van der Waals surface area contributed by atoms with Gasteiger partial charge in [0.1, 0.15) is 11.4 Å². The molecule has 28 heavy (non-hydrogen) atoms. The average molecular weight is 381 g/mol. The number of pyridine rings is 1. The molecule has 2 aromatic rings. The van der Waals surface area contributed by atoms with Gasteiger partial charge in [-0.2, -0.15) is 0 Å². The van der Waals surface area contributed by atoms with Crippen LogP contribution in [0.3, 0.4) is 0 Å². The molecule has 2 heterocycles. The third-order valence-corrected chi connectivity index (χ3v) is 4.68. The van der Waals surface area contributed by atoms with E-state index >= 15 is 0 Å². The van der Waals surface area contributed by atoms with Gasteiger partial charge in [-0.1, -0.05) is 19.1 Å². The number of piperidine rings is 1. The molecular weight excluding hydrogens is 354 g/mol. The van der Waals surface area contributed by atoms with Gasteiger partial charge in [-0.3, -0.25) is 14.6 Å². The Balaban J connectivity index is 1.75. The van der Waals surface area contributed by atoms with E-state index in [9.17, 15) is 9.59 Å². The maximum atomic E-state index is 12.8. The van der Waals surface area contributed by atoms with Crippen LogP contribution in [0.4, 0.5) is 5.69 Å². The van der Waals surface area contributed by atoms with E-state index in [1.54, 1.807) is 18.2 Å². The lowest BCUT2D eigenvalue weighted by Gasteiger charge is -2.30. The van der Waals surface area contributed by atoms with E-state index in [0.717, 1.165) is 25.9 Å². The number of ether oxygens (including phenoxy) is 1. The number of anilines is 1. The number of nitrogens with one attached hydrogen (secondary N) is 1. The standard InChI is InChI=1S/C22H27N3O3/c1-15(2)28-20-9-5-4-8-18(20)24-21(26)17-10-11-23-19(13-17)22(27)25-12-6-7-16(3)14-25/h4-5,8-11,13,15-16H,6-7,12,14H2,1-3H3,(H,24,26). The highest BCUT2D eigenvalue weighted by molar-refractivity contribution is 6.06. The summed E-state index contributed by atoms with van der Waals surface area (Å²) < 4.78 is 5.75. The van der Waals surface area contributed by atoms with Crippen LogP contribution in [0.5, 0.6) is 5.75 Å². The van der Waals surface area contributed by atoms with Crippen molar-refractivity contribution in [1.82, 2.24) is 9.88 Å². The Bertz CT molecular complexity index is 850. The second kappa shape index (κ2) is 8.87. The maximum absolute atomic E-state index is 12.8. The maximum Gasteiger partial charge on any atom is 0.272 e. The number of likely N-dealkylation sites (tertiary alicyclic amines) is 1. The third kappa shape index (κ3) is 4.88. The molecule has 0 bridgehead atoms. The molecule has 1 saturated heterocycles. The van der Waals surface area contributed by atoms with Crippen LogP contribution >= 0.6 is 0 Å². The molecule has 1 fully saturated rings. The normalized spacial score (nSPS) is 16.7. The zero-order valence-corrected chi connectivity index (χ0v) is 16.6. The van der Waals surface area contributed by atoms with Gasteiger partial charge in [0.2, 0.25) is 0 Å². The highest BCUT2D eigenvalue weighted by Gasteiger charge is 2.23. The van der Waals surface area contributed by atoms with E-state index in [1.165, 1.54) is 6.20 Å². The van der Waals surface area contributed by atoms with Gasteiger partial charge in [0, 0.05) is 24.8 Å². The number of hydrogen-bond donors (Lipinski definition) is 1. The fourth-order valence-corrected chi connectivity index (χ4v) is 3.35. The molecule has 148 valence electrons. The lowest BCUT2D eigenvalue weighted by molar-refractivity contribution is 0.0677. The number of carbonyl (C=O) groups is 2. The van der Waals surface area contributed by atoms with Gasteiger partial charge in [-0.15, -0.1) is 0 Å². The van der Waals surface area contributed by atoms with E-state index in [1.807, 2.05) is 36.9 Å². The fraction of sp³-hybridized carbons (Fsp3) is 0.409. The highest BCUT2D eigenvalue weighted by Crippen LogP contribution is 2.25. The summed E-state index contributed by atoms with van der Waals surface area (Å²) in [7, 11) is 0. The van der Waals surface area contributed by atoms with Crippen molar-refractivity contribution in [2.75, 3.05) is 18.4 Å². The number of amides is 2. The van der Waals surface area contributed by atoms with Crippen LogP contribution in [0.15, 0.2) is 42.6 Å². The van der Waals surface area contributed by atoms with Crippen molar-refractivity contribution in [2.24, 2.45) is 5.92 Å². The Hall–Kier alpha value is -2.89. The second-order valence-electron chi connectivity index (χ2n) is 7.55. The molecule has 1 atom stereocenters. The van der Waals surface area contributed by atoms with Crippen molar-refractivity contribution >= 4 is 17.5 Å². The summed E-state index contributed by atoms with van der Waals surface area (Å²) in [5, 5.41) is 2.87. The Labute approximate surface area is 165 Å². The Morgan fingerprint density at radius 1 is 1.25 bits per heavy atom. The first-order valence-electron chi connectivity index (χ1n) is 9.76. The van der Waals surface area contributed by atoms with Crippen LogP contribution in [0.1, 0.15) is 54.5 Å². The first-order valence-corrected chi connectivity index (χ1v) is 9.76. The van der Waals surface area contributed by atoms with Crippen molar-refractivity contribution in [1.29, 1.82) is 0 Å². The largest absolute Gasteiger partial charge is 0.489 e.